The normalized spacial score (nSPS) is 16.8. The summed E-state index contributed by atoms with van der Waals surface area (Å²) in [6.45, 7) is 2.02. The maximum atomic E-state index is 13.2. The molecule has 1 unspecified atom stereocenters. The molecule has 1 atom stereocenters. The summed E-state index contributed by atoms with van der Waals surface area (Å²) in [7, 11) is 0. The Morgan fingerprint density at radius 2 is 1.56 bits per heavy atom. The number of carbonyl (C=O) groups is 1. The molecular formula is C32H29NO. The molecule has 6 rings (SSSR count). The minimum absolute atomic E-state index is 0.0318. The van der Waals surface area contributed by atoms with Crippen molar-refractivity contribution in [2.75, 3.05) is 0 Å². The first-order valence-corrected chi connectivity index (χ1v) is 12.0. The number of fused-ring (bicyclic) bond motifs is 5. The molecule has 0 fully saturated rings. The Bertz CT molecular complexity index is 1420. The van der Waals surface area contributed by atoms with Crippen molar-refractivity contribution in [2.24, 2.45) is 5.92 Å². The van der Waals surface area contributed by atoms with Crippen LogP contribution in [0.15, 0.2) is 97.4 Å². The summed E-state index contributed by atoms with van der Waals surface area (Å²) in [5, 5.41) is 5.51. The van der Waals surface area contributed by atoms with Gasteiger partial charge in [0.2, 0.25) is 0 Å². The molecular weight excluding hydrogens is 414 g/mol. The van der Waals surface area contributed by atoms with Crippen molar-refractivity contribution >= 4 is 17.9 Å². The van der Waals surface area contributed by atoms with Crippen molar-refractivity contribution in [1.29, 1.82) is 0 Å². The summed E-state index contributed by atoms with van der Waals surface area (Å²) in [6, 6.07) is 21.1. The van der Waals surface area contributed by atoms with Crippen LogP contribution in [0.5, 0.6) is 0 Å². The number of carbonyl (C=O) groups excluding carboxylic acids is 1. The van der Waals surface area contributed by atoms with Crippen LogP contribution in [-0.2, 0) is 12.8 Å². The summed E-state index contributed by atoms with van der Waals surface area (Å²) in [5.74, 6) is 0.225. The van der Waals surface area contributed by atoms with Gasteiger partial charge in [-0.15, -0.1) is 0 Å². The summed E-state index contributed by atoms with van der Waals surface area (Å²) in [6.07, 6.45) is 19.0. The first-order chi connectivity index (χ1) is 16.7. The lowest BCUT2D eigenvalue weighted by molar-refractivity contribution is 0.0946. The third-order valence-corrected chi connectivity index (χ3v) is 6.77. The average molecular weight is 444 g/mol. The standard InChI is InChI=1S/C26H22O.C6H7N/c1-17-6-2-4-8-21(17)26(27)20-11-10-19-13-14-23-22-9-5-3-7-18(22)12-15-24(23)25(19)16-20;1-2-4-6-7-5-3-1/h2-9,13-16,20H,10-12H2,1H3;1-7H. The predicted molar refractivity (Wildman–Crippen MR) is 142 cm³/mol. The quantitative estimate of drug-likeness (QED) is 0.538. The molecule has 2 aliphatic carbocycles. The molecule has 34 heavy (non-hydrogen) atoms. The molecule has 0 aromatic heterocycles. The molecule has 1 N–H and O–H groups in total. The van der Waals surface area contributed by atoms with E-state index in [0.717, 1.165) is 30.4 Å². The van der Waals surface area contributed by atoms with Crippen LogP contribution >= 0.6 is 0 Å². The van der Waals surface area contributed by atoms with Gasteiger partial charge in [0.25, 0.3) is 0 Å². The Balaban J connectivity index is 0.000000297. The van der Waals surface area contributed by atoms with E-state index in [0.29, 0.717) is 0 Å². The lowest BCUT2D eigenvalue weighted by atomic mass is 9.82. The number of Topliss-reactive ketones (excluding diaryl/α,β-unsaturated/α-hetero) is 1. The SMILES string of the molecule is C1=CC=CNC=C1.Cc1ccccc1C(=O)C1C=c2c(ccc3c2=CCc2ccccc2-3)CC1. The highest BCUT2D eigenvalue weighted by atomic mass is 16.1. The Labute approximate surface area is 201 Å². The van der Waals surface area contributed by atoms with Crippen molar-refractivity contribution in [3.63, 3.8) is 0 Å². The largest absolute Gasteiger partial charge is 0.368 e. The zero-order chi connectivity index (χ0) is 23.3. The third-order valence-electron chi connectivity index (χ3n) is 6.77. The fourth-order valence-corrected chi connectivity index (χ4v) is 4.98. The van der Waals surface area contributed by atoms with Crippen molar-refractivity contribution in [3.8, 4) is 11.1 Å². The van der Waals surface area contributed by atoms with E-state index in [1.54, 1.807) is 0 Å². The van der Waals surface area contributed by atoms with E-state index in [-0.39, 0.29) is 11.7 Å². The summed E-state index contributed by atoms with van der Waals surface area (Å²) in [4.78, 5) is 13.2. The molecule has 3 aromatic carbocycles. The topological polar surface area (TPSA) is 29.1 Å². The number of nitrogens with one attached hydrogen (secondary N) is 1. The second kappa shape index (κ2) is 9.93. The molecule has 0 spiro atoms. The van der Waals surface area contributed by atoms with Gasteiger partial charge in [0, 0.05) is 23.9 Å². The van der Waals surface area contributed by atoms with E-state index in [1.807, 2.05) is 67.9 Å². The molecule has 0 saturated heterocycles. The Hall–Kier alpha value is -3.91. The molecule has 3 aromatic rings. The lowest BCUT2D eigenvalue weighted by Gasteiger charge is -2.22. The minimum atomic E-state index is -0.0318. The molecule has 0 bridgehead atoms. The fourth-order valence-electron chi connectivity index (χ4n) is 4.98. The highest BCUT2D eigenvalue weighted by Crippen LogP contribution is 2.26. The van der Waals surface area contributed by atoms with Crippen LogP contribution in [0.4, 0.5) is 0 Å². The molecule has 0 radical (unpaired) electrons. The van der Waals surface area contributed by atoms with Gasteiger partial charge in [0.1, 0.15) is 0 Å². The molecule has 0 saturated carbocycles. The van der Waals surface area contributed by atoms with E-state index >= 15 is 0 Å². The second-order valence-electron chi connectivity index (χ2n) is 8.93. The van der Waals surface area contributed by atoms with Crippen LogP contribution < -0.4 is 15.8 Å². The molecule has 1 heterocycles. The van der Waals surface area contributed by atoms with Crippen LogP contribution in [0.2, 0.25) is 0 Å². The zero-order valence-electron chi connectivity index (χ0n) is 19.5. The van der Waals surface area contributed by atoms with Crippen LogP contribution in [0.1, 0.15) is 33.5 Å². The molecule has 2 nitrogen and oxygen atoms in total. The third kappa shape index (κ3) is 4.45. The van der Waals surface area contributed by atoms with Crippen LogP contribution in [0.3, 0.4) is 0 Å². The van der Waals surface area contributed by atoms with E-state index in [9.17, 15) is 4.79 Å². The van der Waals surface area contributed by atoms with Crippen molar-refractivity contribution in [2.45, 2.75) is 26.2 Å². The van der Waals surface area contributed by atoms with Crippen molar-refractivity contribution in [1.82, 2.24) is 5.32 Å². The molecule has 0 amide bonds. The second-order valence-corrected chi connectivity index (χ2v) is 8.93. The molecule has 1 aliphatic heterocycles. The lowest BCUT2D eigenvalue weighted by Crippen LogP contribution is -2.37. The summed E-state index contributed by atoms with van der Waals surface area (Å²) < 4.78 is 0. The van der Waals surface area contributed by atoms with Gasteiger partial charge >= 0.3 is 0 Å². The van der Waals surface area contributed by atoms with Crippen molar-refractivity contribution < 1.29 is 4.79 Å². The Kier molecular flexibility index (Phi) is 6.40. The monoisotopic (exact) mass is 443 g/mol. The van der Waals surface area contributed by atoms with Gasteiger partial charge in [-0.1, -0.05) is 85.0 Å². The van der Waals surface area contributed by atoms with Gasteiger partial charge in [0.05, 0.1) is 0 Å². The first-order valence-electron chi connectivity index (χ1n) is 12.0. The van der Waals surface area contributed by atoms with Gasteiger partial charge in [-0.25, -0.2) is 0 Å². The number of rotatable bonds is 2. The highest BCUT2D eigenvalue weighted by molar-refractivity contribution is 6.02. The van der Waals surface area contributed by atoms with E-state index in [4.69, 9.17) is 0 Å². The first kappa shape index (κ1) is 21.9. The van der Waals surface area contributed by atoms with Gasteiger partial charge in [-0.2, -0.15) is 0 Å². The Morgan fingerprint density at radius 3 is 2.38 bits per heavy atom. The van der Waals surface area contributed by atoms with Gasteiger partial charge in [-0.05, 0) is 76.6 Å². The molecule has 2 heteroatoms. The number of hydrogen-bond acceptors (Lipinski definition) is 2. The molecule has 3 aliphatic rings. The maximum absolute atomic E-state index is 13.2. The summed E-state index contributed by atoms with van der Waals surface area (Å²) >= 11 is 0. The van der Waals surface area contributed by atoms with E-state index in [1.165, 1.54) is 32.7 Å². The Morgan fingerprint density at radius 1 is 0.794 bits per heavy atom. The van der Waals surface area contributed by atoms with Crippen LogP contribution in [-0.4, -0.2) is 5.78 Å². The number of aryl methyl sites for hydroxylation is 2. The number of allylic oxidation sites excluding steroid dienone is 4. The van der Waals surface area contributed by atoms with Gasteiger partial charge in [-0.3, -0.25) is 4.79 Å². The summed E-state index contributed by atoms with van der Waals surface area (Å²) in [5.41, 5.74) is 7.32. The molecule has 168 valence electrons. The van der Waals surface area contributed by atoms with E-state index in [2.05, 4.69) is 53.9 Å². The van der Waals surface area contributed by atoms with Crippen molar-refractivity contribution in [3.05, 3.63) is 130 Å². The minimum Gasteiger partial charge on any atom is -0.368 e. The fraction of sp³-hybridized carbons (Fsp3) is 0.156. The van der Waals surface area contributed by atoms with Gasteiger partial charge < -0.3 is 5.32 Å². The van der Waals surface area contributed by atoms with Crippen LogP contribution in [0.25, 0.3) is 23.3 Å². The van der Waals surface area contributed by atoms with Gasteiger partial charge in [0.15, 0.2) is 5.78 Å². The van der Waals surface area contributed by atoms with Crippen LogP contribution in [0, 0.1) is 12.8 Å². The number of hydrogen-bond donors (Lipinski definition) is 1. The predicted octanol–water partition coefficient (Wildman–Crippen LogP) is 5.40. The van der Waals surface area contributed by atoms with E-state index < -0.39 is 0 Å². The number of benzene rings is 3. The number of ketones is 1. The smallest absolute Gasteiger partial charge is 0.169 e. The maximum Gasteiger partial charge on any atom is 0.169 e. The average Bonchev–Trinajstić information content (AvgIpc) is 3.22. The zero-order valence-corrected chi connectivity index (χ0v) is 19.5. The highest BCUT2D eigenvalue weighted by Gasteiger charge is 2.23.